The molecule has 0 aliphatic carbocycles. The van der Waals surface area contributed by atoms with Crippen molar-refractivity contribution in [3.63, 3.8) is 0 Å². The Morgan fingerprint density at radius 2 is 1.76 bits per heavy atom. The number of amides is 1. The van der Waals surface area contributed by atoms with Crippen LogP contribution in [0.15, 0.2) is 75.9 Å². The third kappa shape index (κ3) is 6.20. The standard InChI is InChI=1S/C28H31N3O6S/c1-18-25(27(33)37-16-19-8-6-5-7-9-19)26(20-12-22(35-3)15-23(13-20)36-4)31-21(17-38-28(31)30-18)14-24(32)29-10-11-34-2/h5-9,12-13,15,17,26H,10-11,14,16H2,1-4H3,(H,29,32)/t26-/m1/s1. The van der Waals surface area contributed by atoms with Crippen LogP contribution in [0.4, 0.5) is 0 Å². The van der Waals surface area contributed by atoms with E-state index in [-0.39, 0.29) is 18.9 Å². The number of carbonyl (C=O) groups excluding carboxylic acids is 2. The topological polar surface area (TPSA) is 98.7 Å². The zero-order chi connectivity index (χ0) is 27.1. The Labute approximate surface area is 226 Å². The van der Waals surface area contributed by atoms with Crippen molar-refractivity contribution in [2.45, 2.75) is 26.0 Å². The Kier molecular flexibility index (Phi) is 9.09. The van der Waals surface area contributed by atoms with Gasteiger partial charge in [0.25, 0.3) is 0 Å². The summed E-state index contributed by atoms with van der Waals surface area (Å²) in [7, 11) is 4.73. The van der Waals surface area contributed by atoms with E-state index in [0.29, 0.717) is 41.1 Å². The number of nitrogens with one attached hydrogen (secondary N) is 1. The van der Waals surface area contributed by atoms with Gasteiger partial charge in [-0.05, 0) is 35.6 Å². The second-order valence-electron chi connectivity index (χ2n) is 8.62. The highest BCUT2D eigenvalue weighted by Gasteiger charge is 2.41. The SMILES string of the molecule is COCCNC(=O)CC1=CSC2=NC(C)=C(C(=O)OCc3ccccc3)[C@@H](c3cc(OC)cc(OC)c3)N12. The second kappa shape index (κ2) is 12.7. The van der Waals surface area contributed by atoms with Crippen LogP contribution < -0.4 is 14.8 Å². The van der Waals surface area contributed by atoms with E-state index in [0.717, 1.165) is 16.8 Å². The van der Waals surface area contributed by atoms with Crippen LogP contribution in [0.1, 0.15) is 30.5 Å². The monoisotopic (exact) mass is 537 g/mol. The van der Waals surface area contributed by atoms with Crippen LogP contribution in [0.2, 0.25) is 0 Å². The summed E-state index contributed by atoms with van der Waals surface area (Å²) in [6.07, 6.45) is 0.110. The minimum Gasteiger partial charge on any atom is -0.497 e. The minimum atomic E-state index is -0.609. The first-order valence-electron chi connectivity index (χ1n) is 12.1. The van der Waals surface area contributed by atoms with E-state index in [2.05, 4.69) is 5.32 Å². The molecule has 9 nitrogen and oxygen atoms in total. The van der Waals surface area contributed by atoms with Crippen molar-refractivity contribution in [1.29, 1.82) is 0 Å². The smallest absolute Gasteiger partial charge is 0.338 e. The number of methoxy groups -OCH3 is 3. The predicted octanol–water partition coefficient (Wildman–Crippen LogP) is 4.17. The van der Waals surface area contributed by atoms with Gasteiger partial charge in [0, 0.05) is 25.4 Å². The summed E-state index contributed by atoms with van der Waals surface area (Å²) < 4.78 is 21.8. The molecule has 1 N–H and O–H groups in total. The first-order chi connectivity index (χ1) is 18.4. The van der Waals surface area contributed by atoms with E-state index in [4.69, 9.17) is 23.9 Å². The molecule has 0 saturated heterocycles. The molecular formula is C28H31N3O6S. The molecule has 38 heavy (non-hydrogen) atoms. The fourth-order valence-electron chi connectivity index (χ4n) is 4.25. The highest BCUT2D eigenvalue weighted by Crippen LogP contribution is 2.46. The number of thioether (sulfide) groups is 1. The lowest BCUT2D eigenvalue weighted by Crippen LogP contribution is -2.38. The number of esters is 1. The fourth-order valence-corrected chi connectivity index (χ4v) is 5.22. The summed E-state index contributed by atoms with van der Waals surface area (Å²) in [5.74, 6) is 0.513. The van der Waals surface area contributed by atoms with Crippen LogP contribution in [0.3, 0.4) is 0 Å². The Bertz CT molecular complexity index is 1250. The highest BCUT2D eigenvalue weighted by molar-refractivity contribution is 8.16. The van der Waals surface area contributed by atoms with Gasteiger partial charge in [-0.2, -0.15) is 0 Å². The van der Waals surface area contributed by atoms with Crippen LogP contribution in [-0.4, -0.2) is 56.4 Å². The molecule has 1 amide bonds. The van der Waals surface area contributed by atoms with Crippen LogP contribution >= 0.6 is 11.8 Å². The van der Waals surface area contributed by atoms with Gasteiger partial charge in [-0.1, -0.05) is 42.1 Å². The lowest BCUT2D eigenvalue weighted by atomic mass is 9.93. The van der Waals surface area contributed by atoms with Crippen LogP contribution in [0.5, 0.6) is 11.5 Å². The zero-order valence-corrected chi connectivity index (χ0v) is 22.7. The van der Waals surface area contributed by atoms with Gasteiger partial charge in [0.15, 0.2) is 5.17 Å². The van der Waals surface area contributed by atoms with E-state index in [1.165, 1.54) is 11.8 Å². The number of hydrogen-bond donors (Lipinski definition) is 1. The normalized spacial score (nSPS) is 16.4. The lowest BCUT2D eigenvalue weighted by Gasteiger charge is -2.36. The van der Waals surface area contributed by atoms with Crippen LogP contribution in [0, 0.1) is 0 Å². The van der Waals surface area contributed by atoms with E-state index in [1.54, 1.807) is 34.3 Å². The molecule has 0 aromatic heterocycles. The number of benzene rings is 2. The molecule has 0 bridgehead atoms. The average molecular weight is 538 g/mol. The van der Waals surface area contributed by atoms with E-state index >= 15 is 0 Å². The number of nitrogens with zero attached hydrogens (tertiary/aromatic N) is 2. The maximum atomic E-state index is 13.6. The molecule has 200 valence electrons. The number of aliphatic imine (C=N–C) groups is 1. The van der Waals surface area contributed by atoms with E-state index in [9.17, 15) is 9.59 Å². The third-order valence-corrected chi connectivity index (χ3v) is 6.98. The molecule has 2 aliphatic heterocycles. The third-order valence-electron chi connectivity index (χ3n) is 6.09. The van der Waals surface area contributed by atoms with Gasteiger partial charge >= 0.3 is 5.97 Å². The van der Waals surface area contributed by atoms with E-state index in [1.807, 2.05) is 52.8 Å². The van der Waals surface area contributed by atoms with Crippen molar-refractivity contribution in [3.8, 4) is 11.5 Å². The average Bonchev–Trinajstić information content (AvgIpc) is 3.32. The fraction of sp³-hybridized carbons (Fsp3) is 0.321. The molecule has 2 aromatic rings. The Balaban J connectivity index is 1.70. The van der Waals surface area contributed by atoms with Crippen LogP contribution in [0.25, 0.3) is 0 Å². The van der Waals surface area contributed by atoms with Crippen molar-refractivity contribution >= 4 is 28.8 Å². The van der Waals surface area contributed by atoms with Gasteiger partial charge in [-0.15, -0.1) is 0 Å². The van der Waals surface area contributed by atoms with Crippen molar-refractivity contribution in [1.82, 2.24) is 10.2 Å². The predicted molar refractivity (Wildman–Crippen MR) is 146 cm³/mol. The molecule has 10 heteroatoms. The Morgan fingerprint density at radius 1 is 1.05 bits per heavy atom. The summed E-state index contributed by atoms with van der Waals surface area (Å²) in [5, 5.41) is 5.42. The van der Waals surface area contributed by atoms with Crippen molar-refractivity contribution in [2.75, 3.05) is 34.5 Å². The summed E-state index contributed by atoms with van der Waals surface area (Å²) in [6, 6.07) is 14.4. The minimum absolute atomic E-state index is 0.110. The zero-order valence-electron chi connectivity index (χ0n) is 21.9. The lowest BCUT2D eigenvalue weighted by molar-refractivity contribution is -0.141. The van der Waals surface area contributed by atoms with Gasteiger partial charge in [0.2, 0.25) is 5.91 Å². The quantitative estimate of drug-likeness (QED) is 0.337. The summed E-state index contributed by atoms with van der Waals surface area (Å²) in [6.45, 7) is 2.75. The first-order valence-corrected chi connectivity index (χ1v) is 13.0. The first kappa shape index (κ1) is 27.3. The second-order valence-corrected chi connectivity index (χ2v) is 9.46. The van der Waals surface area contributed by atoms with Gasteiger partial charge in [-0.3, -0.25) is 4.79 Å². The van der Waals surface area contributed by atoms with Crippen molar-refractivity contribution in [3.05, 3.63) is 82.0 Å². The van der Waals surface area contributed by atoms with Gasteiger partial charge < -0.3 is 29.2 Å². The number of fused-ring (bicyclic) bond motifs is 1. The molecule has 0 saturated carbocycles. The van der Waals surface area contributed by atoms with Gasteiger partial charge in [0.1, 0.15) is 18.1 Å². The molecule has 2 aliphatic rings. The number of allylic oxidation sites excluding steroid dienone is 1. The van der Waals surface area contributed by atoms with E-state index < -0.39 is 12.0 Å². The van der Waals surface area contributed by atoms with Gasteiger partial charge in [0.05, 0.1) is 44.6 Å². The largest absolute Gasteiger partial charge is 0.497 e. The molecule has 0 radical (unpaired) electrons. The number of carbonyl (C=O) groups is 2. The van der Waals surface area contributed by atoms with Crippen molar-refractivity contribution < 1.29 is 28.5 Å². The summed E-state index contributed by atoms with van der Waals surface area (Å²) >= 11 is 1.41. The maximum absolute atomic E-state index is 13.6. The number of rotatable bonds is 11. The maximum Gasteiger partial charge on any atom is 0.338 e. The molecule has 1 atom stereocenters. The molecule has 2 aromatic carbocycles. The summed E-state index contributed by atoms with van der Waals surface area (Å²) in [5.41, 5.74) is 3.27. The molecule has 0 fully saturated rings. The van der Waals surface area contributed by atoms with Gasteiger partial charge in [-0.25, -0.2) is 9.79 Å². The highest BCUT2D eigenvalue weighted by atomic mass is 32.2. The number of hydrogen-bond acceptors (Lipinski definition) is 9. The van der Waals surface area contributed by atoms with Crippen molar-refractivity contribution in [2.24, 2.45) is 4.99 Å². The number of ether oxygens (including phenoxy) is 4. The molecule has 2 heterocycles. The summed E-state index contributed by atoms with van der Waals surface area (Å²) in [4.78, 5) is 32.9. The number of amidine groups is 1. The molecule has 0 spiro atoms. The molecule has 4 rings (SSSR count). The Morgan fingerprint density at radius 3 is 2.42 bits per heavy atom. The Hall–Kier alpha value is -3.76. The molecular weight excluding hydrogens is 506 g/mol. The van der Waals surface area contributed by atoms with Crippen LogP contribution in [-0.2, 0) is 25.7 Å². The molecule has 0 unspecified atom stereocenters.